The van der Waals surface area contributed by atoms with Crippen molar-refractivity contribution in [3.8, 4) is 0 Å². The summed E-state index contributed by atoms with van der Waals surface area (Å²) in [5.74, 6) is -1.38. The van der Waals surface area contributed by atoms with Crippen LogP contribution >= 0.6 is 0 Å². The van der Waals surface area contributed by atoms with Crippen LogP contribution < -0.4 is 10.6 Å². The highest BCUT2D eigenvalue weighted by atomic mass is 32.2. The van der Waals surface area contributed by atoms with E-state index in [2.05, 4.69) is 10.6 Å². The topological polar surface area (TPSA) is 105 Å². The van der Waals surface area contributed by atoms with Gasteiger partial charge >= 0.3 is 11.8 Å². The molecule has 144 valence electrons. The molecule has 2 aromatic rings. The van der Waals surface area contributed by atoms with Crippen molar-refractivity contribution in [2.24, 2.45) is 0 Å². The third kappa shape index (κ3) is 4.57. The van der Waals surface area contributed by atoms with E-state index >= 15 is 0 Å². The van der Waals surface area contributed by atoms with Crippen molar-refractivity contribution in [2.45, 2.75) is 41.9 Å². The van der Waals surface area contributed by atoms with E-state index in [9.17, 15) is 18.0 Å². The van der Waals surface area contributed by atoms with Crippen LogP contribution in [0.5, 0.6) is 0 Å². The van der Waals surface area contributed by atoms with E-state index in [-0.39, 0.29) is 23.2 Å². The second-order valence-electron chi connectivity index (χ2n) is 6.53. The molecule has 1 fully saturated rings. The average molecular weight is 390 g/mol. The molecule has 1 aromatic heterocycles. The highest BCUT2D eigenvalue weighted by Gasteiger charge is 2.32. The Balaban J connectivity index is 1.71. The Morgan fingerprint density at radius 3 is 2.37 bits per heavy atom. The molecule has 0 radical (unpaired) electrons. The number of furan rings is 1. The Morgan fingerprint density at radius 1 is 1.04 bits per heavy atom. The van der Waals surface area contributed by atoms with Crippen molar-refractivity contribution in [2.75, 3.05) is 6.54 Å². The SMILES string of the molecule is O=C(NC[C@@H](c1ccco1)S(=O)(=O)c1ccccc1)C(=O)NC1CCCC1. The fourth-order valence-electron chi connectivity index (χ4n) is 3.20. The summed E-state index contributed by atoms with van der Waals surface area (Å²) in [5, 5.41) is 3.99. The van der Waals surface area contributed by atoms with E-state index in [4.69, 9.17) is 4.42 Å². The first kappa shape index (κ1) is 19.2. The molecule has 1 aliphatic carbocycles. The summed E-state index contributed by atoms with van der Waals surface area (Å²) < 4.78 is 31.2. The number of carbonyl (C=O) groups excluding carboxylic acids is 2. The Kier molecular flexibility index (Phi) is 5.95. The molecule has 7 nitrogen and oxygen atoms in total. The lowest BCUT2D eigenvalue weighted by Gasteiger charge is -2.17. The van der Waals surface area contributed by atoms with Gasteiger partial charge in [0.2, 0.25) is 0 Å². The minimum atomic E-state index is -3.81. The van der Waals surface area contributed by atoms with Crippen LogP contribution in [-0.2, 0) is 19.4 Å². The summed E-state index contributed by atoms with van der Waals surface area (Å²) in [5.41, 5.74) is 0. The minimum absolute atomic E-state index is 0.0113. The van der Waals surface area contributed by atoms with Gasteiger partial charge < -0.3 is 15.1 Å². The van der Waals surface area contributed by atoms with Crippen molar-refractivity contribution in [1.29, 1.82) is 0 Å². The van der Waals surface area contributed by atoms with E-state index in [1.54, 1.807) is 24.3 Å². The van der Waals surface area contributed by atoms with Gasteiger partial charge in [-0.25, -0.2) is 8.42 Å². The Hall–Kier alpha value is -2.61. The van der Waals surface area contributed by atoms with Gasteiger partial charge in [0.05, 0.1) is 11.2 Å². The zero-order valence-corrected chi connectivity index (χ0v) is 15.6. The van der Waals surface area contributed by atoms with Gasteiger partial charge in [0.1, 0.15) is 11.0 Å². The fraction of sp³-hybridized carbons (Fsp3) is 0.368. The maximum absolute atomic E-state index is 13.0. The summed E-state index contributed by atoms with van der Waals surface area (Å²) in [4.78, 5) is 24.3. The van der Waals surface area contributed by atoms with Crippen molar-refractivity contribution < 1.29 is 22.4 Å². The molecule has 1 heterocycles. The standard InChI is InChI=1S/C19H22N2O5S/c22-18(19(23)21-14-7-4-5-8-14)20-13-17(16-11-6-12-26-16)27(24,25)15-9-2-1-3-10-15/h1-3,6,9-12,14,17H,4-5,7-8,13H2,(H,20,22)(H,21,23)/t17-/m0/s1. The van der Waals surface area contributed by atoms with Crippen LogP contribution in [0, 0.1) is 0 Å². The molecule has 0 spiro atoms. The highest BCUT2D eigenvalue weighted by Crippen LogP contribution is 2.28. The number of amides is 2. The van der Waals surface area contributed by atoms with E-state index < -0.39 is 26.9 Å². The van der Waals surface area contributed by atoms with Crippen LogP contribution in [0.25, 0.3) is 0 Å². The van der Waals surface area contributed by atoms with E-state index in [1.165, 1.54) is 24.5 Å². The Labute approximate surface area is 158 Å². The normalized spacial score (nSPS) is 16.0. The minimum Gasteiger partial charge on any atom is -0.468 e. The predicted molar refractivity (Wildman–Crippen MR) is 98.5 cm³/mol. The van der Waals surface area contributed by atoms with Gasteiger partial charge in [0, 0.05) is 12.6 Å². The van der Waals surface area contributed by atoms with Crippen LogP contribution in [0.2, 0.25) is 0 Å². The molecule has 2 N–H and O–H groups in total. The van der Waals surface area contributed by atoms with Gasteiger partial charge in [-0.1, -0.05) is 31.0 Å². The van der Waals surface area contributed by atoms with Crippen LogP contribution in [0.15, 0.2) is 58.0 Å². The fourth-order valence-corrected chi connectivity index (χ4v) is 4.81. The summed E-state index contributed by atoms with van der Waals surface area (Å²) >= 11 is 0. The van der Waals surface area contributed by atoms with Crippen LogP contribution in [0.4, 0.5) is 0 Å². The first-order chi connectivity index (χ1) is 13.0. The second-order valence-corrected chi connectivity index (χ2v) is 8.66. The smallest absolute Gasteiger partial charge is 0.309 e. The number of hydrogen-bond acceptors (Lipinski definition) is 5. The summed E-state index contributed by atoms with van der Waals surface area (Å²) in [6.07, 6.45) is 5.15. The van der Waals surface area contributed by atoms with Crippen molar-refractivity contribution in [1.82, 2.24) is 10.6 Å². The van der Waals surface area contributed by atoms with Crippen LogP contribution in [0.3, 0.4) is 0 Å². The molecule has 1 saturated carbocycles. The molecule has 0 aliphatic heterocycles. The molecule has 0 saturated heterocycles. The number of carbonyl (C=O) groups is 2. The van der Waals surface area contributed by atoms with Gasteiger partial charge in [-0.05, 0) is 37.1 Å². The molecule has 8 heteroatoms. The Bertz CT molecular complexity index is 872. The maximum atomic E-state index is 13.0. The molecule has 0 bridgehead atoms. The molecule has 3 rings (SSSR count). The van der Waals surface area contributed by atoms with Crippen LogP contribution in [0.1, 0.15) is 36.7 Å². The molecular formula is C19H22N2O5S. The maximum Gasteiger partial charge on any atom is 0.309 e. The lowest BCUT2D eigenvalue weighted by atomic mass is 10.2. The van der Waals surface area contributed by atoms with Gasteiger partial charge in [0.15, 0.2) is 9.84 Å². The summed E-state index contributed by atoms with van der Waals surface area (Å²) in [6.45, 7) is -0.262. The van der Waals surface area contributed by atoms with Crippen molar-refractivity contribution in [3.05, 3.63) is 54.5 Å². The van der Waals surface area contributed by atoms with Crippen LogP contribution in [-0.4, -0.2) is 32.8 Å². The summed E-state index contributed by atoms with van der Waals surface area (Å²) in [6, 6.07) is 11.1. The summed E-state index contributed by atoms with van der Waals surface area (Å²) in [7, 11) is -3.81. The van der Waals surface area contributed by atoms with Crippen molar-refractivity contribution in [3.63, 3.8) is 0 Å². The highest BCUT2D eigenvalue weighted by molar-refractivity contribution is 7.91. The van der Waals surface area contributed by atoms with Gasteiger partial charge in [-0.3, -0.25) is 9.59 Å². The Morgan fingerprint density at radius 2 is 1.74 bits per heavy atom. The first-order valence-corrected chi connectivity index (χ1v) is 10.4. The number of sulfone groups is 1. The molecular weight excluding hydrogens is 368 g/mol. The molecule has 27 heavy (non-hydrogen) atoms. The number of nitrogens with one attached hydrogen (secondary N) is 2. The van der Waals surface area contributed by atoms with E-state index in [0.717, 1.165) is 25.7 Å². The third-order valence-electron chi connectivity index (χ3n) is 4.65. The third-order valence-corrected chi connectivity index (χ3v) is 6.73. The zero-order chi connectivity index (χ0) is 19.3. The monoisotopic (exact) mass is 390 g/mol. The van der Waals surface area contributed by atoms with E-state index in [1.807, 2.05) is 0 Å². The molecule has 1 aliphatic rings. The van der Waals surface area contributed by atoms with E-state index in [0.29, 0.717) is 0 Å². The number of rotatable bonds is 6. The number of benzene rings is 1. The first-order valence-electron chi connectivity index (χ1n) is 8.89. The van der Waals surface area contributed by atoms with Gasteiger partial charge in [-0.15, -0.1) is 0 Å². The van der Waals surface area contributed by atoms with Gasteiger partial charge in [-0.2, -0.15) is 0 Å². The van der Waals surface area contributed by atoms with Gasteiger partial charge in [0.25, 0.3) is 0 Å². The second kappa shape index (κ2) is 8.39. The largest absolute Gasteiger partial charge is 0.468 e. The molecule has 0 unspecified atom stereocenters. The molecule has 1 aromatic carbocycles. The molecule has 1 atom stereocenters. The average Bonchev–Trinajstić information content (AvgIpc) is 3.36. The quantitative estimate of drug-likeness (QED) is 0.734. The lowest BCUT2D eigenvalue weighted by Crippen LogP contribution is -2.45. The molecule has 2 amide bonds. The predicted octanol–water partition coefficient (Wildman–Crippen LogP) is 1.97. The number of hydrogen-bond donors (Lipinski definition) is 2. The lowest BCUT2D eigenvalue weighted by molar-refractivity contribution is -0.139. The van der Waals surface area contributed by atoms with Crippen molar-refractivity contribution >= 4 is 21.7 Å². The zero-order valence-electron chi connectivity index (χ0n) is 14.8.